The van der Waals surface area contributed by atoms with E-state index in [-0.39, 0.29) is 18.9 Å². The summed E-state index contributed by atoms with van der Waals surface area (Å²) >= 11 is 0. The molecule has 2 unspecified atom stereocenters. The molecule has 1 amide bonds. The highest BCUT2D eigenvalue weighted by atomic mass is 16.5. The second kappa shape index (κ2) is 11.6. The van der Waals surface area contributed by atoms with Crippen molar-refractivity contribution in [2.45, 2.75) is 51.4 Å². The fraction of sp³-hybridized carbons (Fsp3) is 0.400. The highest BCUT2D eigenvalue weighted by Gasteiger charge is 2.27. The zero-order chi connectivity index (χ0) is 22.9. The normalized spacial score (nSPS) is 14.1. The molecule has 168 valence electrons. The molecule has 6 heteroatoms. The van der Waals surface area contributed by atoms with Gasteiger partial charge in [-0.2, -0.15) is 0 Å². The van der Waals surface area contributed by atoms with Crippen molar-refractivity contribution in [3.63, 3.8) is 0 Å². The summed E-state index contributed by atoms with van der Waals surface area (Å²) in [4.78, 5) is 12.0. The molecule has 0 aliphatic heterocycles. The SMILES string of the molecule is CC(=CCOc1ccc(CCNC(=O)c2ccccc2)cc1)C(O)CC(O)C(C)(C)O. The summed E-state index contributed by atoms with van der Waals surface area (Å²) in [5.41, 5.74) is 1.15. The third kappa shape index (κ3) is 8.53. The second-order valence-corrected chi connectivity index (χ2v) is 8.20. The summed E-state index contributed by atoms with van der Waals surface area (Å²) in [5, 5.41) is 32.7. The standard InChI is InChI=1S/C25H33NO5/c1-18(22(27)17-23(28)25(2,3)30)14-16-31-21-11-9-19(10-12-21)13-15-26-24(29)20-7-5-4-6-8-20/h4-12,14,22-23,27-28,30H,13,15-17H2,1-3H3,(H,26,29). The van der Waals surface area contributed by atoms with Gasteiger partial charge in [-0.1, -0.05) is 30.3 Å². The van der Waals surface area contributed by atoms with Crippen LogP contribution in [0, 0.1) is 0 Å². The van der Waals surface area contributed by atoms with E-state index in [0.717, 1.165) is 5.56 Å². The van der Waals surface area contributed by atoms with Crippen molar-refractivity contribution >= 4 is 5.91 Å². The molecular formula is C25H33NO5. The fourth-order valence-corrected chi connectivity index (χ4v) is 2.86. The smallest absolute Gasteiger partial charge is 0.251 e. The van der Waals surface area contributed by atoms with Gasteiger partial charge in [-0.25, -0.2) is 0 Å². The molecule has 0 aliphatic rings. The molecule has 31 heavy (non-hydrogen) atoms. The van der Waals surface area contributed by atoms with Gasteiger partial charge in [0.1, 0.15) is 12.4 Å². The first-order chi connectivity index (χ1) is 14.7. The number of amides is 1. The quantitative estimate of drug-likeness (QED) is 0.413. The average molecular weight is 428 g/mol. The van der Waals surface area contributed by atoms with Gasteiger partial charge in [0.2, 0.25) is 0 Å². The van der Waals surface area contributed by atoms with Gasteiger partial charge < -0.3 is 25.4 Å². The van der Waals surface area contributed by atoms with E-state index in [9.17, 15) is 20.1 Å². The van der Waals surface area contributed by atoms with Crippen molar-refractivity contribution in [2.75, 3.05) is 13.2 Å². The first-order valence-corrected chi connectivity index (χ1v) is 10.5. The van der Waals surface area contributed by atoms with Crippen molar-refractivity contribution in [1.29, 1.82) is 0 Å². The third-order valence-electron chi connectivity index (χ3n) is 5.10. The van der Waals surface area contributed by atoms with Gasteiger partial charge in [0, 0.05) is 18.5 Å². The van der Waals surface area contributed by atoms with Crippen LogP contribution in [0.5, 0.6) is 5.75 Å². The van der Waals surface area contributed by atoms with Crippen LogP contribution in [0.2, 0.25) is 0 Å². The highest BCUT2D eigenvalue weighted by Crippen LogP contribution is 2.18. The summed E-state index contributed by atoms with van der Waals surface area (Å²) in [5.74, 6) is 0.618. The van der Waals surface area contributed by atoms with Crippen LogP contribution in [-0.2, 0) is 6.42 Å². The molecule has 2 aromatic rings. The van der Waals surface area contributed by atoms with Gasteiger partial charge in [-0.05, 0) is 68.7 Å². The molecule has 2 aromatic carbocycles. The summed E-state index contributed by atoms with van der Waals surface area (Å²) in [6, 6.07) is 16.8. The van der Waals surface area contributed by atoms with Crippen molar-refractivity contribution < 1.29 is 24.9 Å². The Bertz CT molecular complexity index is 840. The summed E-state index contributed by atoms with van der Waals surface area (Å²) in [7, 11) is 0. The lowest BCUT2D eigenvalue weighted by Gasteiger charge is -2.26. The summed E-state index contributed by atoms with van der Waals surface area (Å²) in [6.45, 7) is 5.61. The molecule has 0 aliphatic carbocycles. The number of carbonyl (C=O) groups is 1. The number of carbonyl (C=O) groups excluding carboxylic acids is 1. The Morgan fingerprint density at radius 2 is 1.74 bits per heavy atom. The van der Waals surface area contributed by atoms with E-state index in [2.05, 4.69) is 5.32 Å². The molecule has 0 heterocycles. The van der Waals surface area contributed by atoms with Crippen LogP contribution >= 0.6 is 0 Å². The molecule has 0 saturated carbocycles. The van der Waals surface area contributed by atoms with E-state index >= 15 is 0 Å². The Balaban J connectivity index is 1.74. The van der Waals surface area contributed by atoms with Crippen LogP contribution < -0.4 is 10.1 Å². The Hall–Kier alpha value is -2.67. The second-order valence-electron chi connectivity index (χ2n) is 8.20. The molecule has 6 nitrogen and oxygen atoms in total. The lowest BCUT2D eigenvalue weighted by molar-refractivity contribution is -0.0640. The molecule has 2 rings (SSSR count). The Morgan fingerprint density at radius 3 is 2.35 bits per heavy atom. The third-order valence-corrected chi connectivity index (χ3v) is 5.10. The summed E-state index contributed by atoms with van der Waals surface area (Å²) < 4.78 is 5.69. The molecule has 2 atom stereocenters. The van der Waals surface area contributed by atoms with Crippen LogP contribution in [0.3, 0.4) is 0 Å². The van der Waals surface area contributed by atoms with Crippen LogP contribution in [-0.4, -0.2) is 52.2 Å². The van der Waals surface area contributed by atoms with Crippen molar-refractivity contribution in [1.82, 2.24) is 5.32 Å². The van der Waals surface area contributed by atoms with Crippen LogP contribution in [0.15, 0.2) is 66.2 Å². The fourth-order valence-electron chi connectivity index (χ4n) is 2.86. The number of aliphatic hydroxyl groups excluding tert-OH is 2. The number of nitrogens with one attached hydrogen (secondary N) is 1. The highest BCUT2D eigenvalue weighted by molar-refractivity contribution is 5.94. The van der Waals surface area contributed by atoms with E-state index in [1.807, 2.05) is 42.5 Å². The van der Waals surface area contributed by atoms with Gasteiger partial charge in [0.15, 0.2) is 0 Å². The molecule has 0 spiro atoms. The molecular weight excluding hydrogens is 394 g/mol. The van der Waals surface area contributed by atoms with E-state index in [1.165, 1.54) is 13.8 Å². The Kier molecular flexibility index (Phi) is 9.24. The van der Waals surface area contributed by atoms with Crippen LogP contribution in [0.1, 0.15) is 43.1 Å². The van der Waals surface area contributed by atoms with E-state index in [1.54, 1.807) is 25.1 Å². The van der Waals surface area contributed by atoms with Gasteiger partial charge in [0.25, 0.3) is 5.91 Å². The number of ether oxygens (including phenoxy) is 1. The summed E-state index contributed by atoms with van der Waals surface area (Å²) in [6.07, 6.45) is 0.666. The number of aliphatic hydroxyl groups is 3. The lowest BCUT2D eigenvalue weighted by Crippen LogP contribution is -2.38. The first kappa shape index (κ1) is 24.6. The molecule has 0 fully saturated rings. The van der Waals surface area contributed by atoms with E-state index in [0.29, 0.717) is 29.9 Å². The number of hydrogen-bond acceptors (Lipinski definition) is 5. The maximum Gasteiger partial charge on any atom is 0.251 e. The molecule has 0 radical (unpaired) electrons. The van der Waals surface area contributed by atoms with Crippen molar-refractivity contribution in [2.24, 2.45) is 0 Å². The maximum absolute atomic E-state index is 12.0. The maximum atomic E-state index is 12.0. The zero-order valence-corrected chi connectivity index (χ0v) is 18.4. The Labute approximate surface area is 184 Å². The minimum absolute atomic E-state index is 0.0569. The van der Waals surface area contributed by atoms with Gasteiger partial charge in [-0.3, -0.25) is 4.79 Å². The minimum atomic E-state index is -1.26. The minimum Gasteiger partial charge on any atom is -0.490 e. The molecule has 4 N–H and O–H groups in total. The number of hydrogen-bond donors (Lipinski definition) is 4. The predicted molar refractivity (Wildman–Crippen MR) is 121 cm³/mol. The number of rotatable bonds is 11. The predicted octanol–water partition coefficient (Wildman–Crippen LogP) is 2.87. The van der Waals surface area contributed by atoms with Crippen molar-refractivity contribution in [3.05, 3.63) is 77.4 Å². The van der Waals surface area contributed by atoms with E-state index < -0.39 is 17.8 Å². The number of benzene rings is 2. The molecule has 0 aromatic heterocycles. The van der Waals surface area contributed by atoms with Gasteiger partial charge in [0.05, 0.1) is 17.8 Å². The average Bonchev–Trinajstić information content (AvgIpc) is 2.74. The Morgan fingerprint density at radius 1 is 1.10 bits per heavy atom. The zero-order valence-electron chi connectivity index (χ0n) is 18.4. The van der Waals surface area contributed by atoms with Crippen molar-refractivity contribution in [3.8, 4) is 5.75 Å². The largest absolute Gasteiger partial charge is 0.490 e. The van der Waals surface area contributed by atoms with E-state index in [4.69, 9.17) is 4.74 Å². The monoisotopic (exact) mass is 427 g/mol. The van der Waals surface area contributed by atoms with Crippen LogP contribution in [0.25, 0.3) is 0 Å². The lowest BCUT2D eigenvalue weighted by atomic mass is 9.94. The molecule has 0 saturated heterocycles. The van der Waals surface area contributed by atoms with Crippen LogP contribution in [0.4, 0.5) is 0 Å². The first-order valence-electron chi connectivity index (χ1n) is 10.5. The van der Waals surface area contributed by atoms with Gasteiger partial charge >= 0.3 is 0 Å². The molecule has 0 bridgehead atoms. The van der Waals surface area contributed by atoms with Gasteiger partial charge in [-0.15, -0.1) is 0 Å². The topological polar surface area (TPSA) is 99.0 Å².